The van der Waals surface area contributed by atoms with Crippen molar-refractivity contribution in [2.75, 3.05) is 32.3 Å². The highest BCUT2D eigenvalue weighted by Crippen LogP contribution is 2.58. The number of pyridine rings is 1. The van der Waals surface area contributed by atoms with Gasteiger partial charge >= 0.3 is 5.97 Å². The summed E-state index contributed by atoms with van der Waals surface area (Å²) in [7, 11) is 3.22. The van der Waals surface area contributed by atoms with E-state index in [1.165, 1.54) is 18.2 Å². The number of aromatic nitrogens is 2. The molecule has 9 nitrogen and oxygen atoms in total. The molecule has 0 atom stereocenters. The number of rotatable bonds is 11. The minimum absolute atomic E-state index is 0.0518. The van der Waals surface area contributed by atoms with E-state index in [0.717, 1.165) is 74.3 Å². The van der Waals surface area contributed by atoms with E-state index in [1.54, 1.807) is 19.6 Å². The van der Waals surface area contributed by atoms with Crippen LogP contribution in [0.5, 0.6) is 5.75 Å². The average molecular weight is 642 g/mol. The van der Waals surface area contributed by atoms with Crippen LogP contribution in [0.1, 0.15) is 100.0 Å². The molecule has 0 unspecified atom stereocenters. The monoisotopic (exact) mass is 641 g/mol. The molecule has 3 aromatic rings. The van der Waals surface area contributed by atoms with Gasteiger partial charge in [-0.25, -0.2) is 14.8 Å². The van der Waals surface area contributed by atoms with Crippen LogP contribution in [0, 0.1) is 18.3 Å². The highest BCUT2D eigenvalue weighted by Gasteiger charge is 2.51. The number of methoxy groups -OCH3 is 2. The van der Waals surface area contributed by atoms with Gasteiger partial charge in [-0.3, -0.25) is 9.69 Å². The molecular weight excluding hydrogens is 594 g/mol. The summed E-state index contributed by atoms with van der Waals surface area (Å²) in [4.78, 5) is 38.1. The molecule has 2 aromatic heterocycles. The molecule has 1 amide bonds. The highest BCUT2D eigenvalue weighted by atomic mass is 16.6. The number of carbonyl (C=O) groups excluding carboxylic acids is 2. The van der Waals surface area contributed by atoms with E-state index in [9.17, 15) is 9.59 Å². The Bertz CT molecular complexity index is 1580. The maximum absolute atomic E-state index is 14.5. The molecule has 0 radical (unpaired) electrons. The maximum Gasteiger partial charge on any atom is 0.332 e. The van der Waals surface area contributed by atoms with E-state index in [2.05, 4.69) is 25.1 Å². The Hall–Kier alpha value is -3.72. The van der Waals surface area contributed by atoms with E-state index in [4.69, 9.17) is 28.6 Å². The number of esters is 1. The van der Waals surface area contributed by atoms with E-state index >= 15 is 0 Å². The summed E-state index contributed by atoms with van der Waals surface area (Å²) < 4.78 is 21.9. The number of amides is 1. The fourth-order valence-electron chi connectivity index (χ4n) is 8.40. The Labute approximate surface area is 277 Å². The van der Waals surface area contributed by atoms with Gasteiger partial charge in [0.05, 0.1) is 7.11 Å². The molecule has 5 aliphatic rings. The second-order valence-electron chi connectivity index (χ2n) is 14.5. The zero-order chi connectivity index (χ0) is 32.6. The second kappa shape index (κ2) is 13.1. The van der Waals surface area contributed by atoms with Crippen LogP contribution in [0.15, 0.2) is 47.2 Å². The van der Waals surface area contributed by atoms with Crippen molar-refractivity contribution in [3.05, 3.63) is 59.8 Å². The summed E-state index contributed by atoms with van der Waals surface area (Å²) in [5.74, 6) is 2.48. The van der Waals surface area contributed by atoms with Gasteiger partial charge in [-0.15, -0.1) is 0 Å². The topological polar surface area (TPSA) is 104 Å². The molecular formula is C38H47N3O6. The first-order valence-electron chi connectivity index (χ1n) is 17.4. The number of aryl methyl sites for hydroxylation is 1. The number of benzene rings is 1. The highest BCUT2D eigenvalue weighted by molar-refractivity contribution is 5.95. The largest absolute Gasteiger partial charge is 0.496 e. The first kappa shape index (κ1) is 31.9. The van der Waals surface area contributed by atoms with Crippen LogP contribution in [-0.2, 0) is 24.5 Å². The van der Waals surface area contributed by atoms with Gasteiger partial charge in [0.2, 0.25) is 5.91 Å². The summed E-state index contributed by atoms with van der Waals surface area (Å²) in [6.07, 6.45) is 14.9. The lowest BCUT2D eigenvalue weighted by Gasteiger charge is -2.55. The van der Waals surface area contributed by atoms with Crippen LogP contribution in [0.25, 0.3) is 11.3 Å². The Morgan fingerprint density at radius 1 is 0.957 bits per heavy atom. The van der Waals surface area contributed by atoms with Gasteiger partial charge in [-0.2, -0.15) is 0 Å². The normalized spacial score (nSPS) is 27.0. The van der Waals surface area contributed by atoms with Crippen molar-refractivity contribution in [1.82, 2.24) is 9.97 Å². The van der Waals surface area contributed by atoms with Crippen molar-refractivity contribution in [3.8, 4) is 17.0 Å². The first-order valence-corrected chi connectivity index (χ1v) is 17.4. The van der Waals surface area contributed by atoms with Gasteiger partial charge in [-0.1, -0.05) is 12.1 Å². The summed E-state index contributed by atoms with van der Waals surface area (Å²) in [5, 5.41) is 0. The average Bonchev–Trinajstić information content (AvgIpc) is 3.84. The third-order valence-corrected chi connectivity index (χ3v) is 11.5. The lowest BCUT2D eigenvalue weighted by Crippen LogP contribution is -2.52. The molecule has 1 aromatic carbocycles. The van der Waals surface area contributed by atoms with E-state index in [-0.39, 0.29) is 41.3 Å². The number of carbonyl (C=O) groups is 2. The van der Waals surface area contributed by atoms with Gasteiger partial charge in [-0.05, 0) is 124 Å². The van der Waals surface area contributed by atoms with Gasteiger partial charge in [0.25, 0.3) is 0 Å². The third-order valence-electron chi connectivity index (χ3n) is 11.5. The molecule has 0 aliphatic heterocycles. The number of ether oxygens (including phenoxy) is 3. The molecule has 0 N–H and O–H groups in total. The van der Waals surface area contributed by atoms with Gasteiger partial charge < -0.3 is 18.6 Å². The zero-order valence-electron chi connectivity index (χ0n) is 28.0. The fourth-order valence-corrected chi connectivity index (χ4v) is 8.40. The summed E-state index contributed by atoms with van der Waals surface area (Å²) in [5.41, 5.74) is 4.55. The molecule has 2 bridgehead atoms. The Kier molecular flexibility index (Phi) is 8.85. The van der Waals surface area contributed by atoms with Crippen LogP contribution < -0.4 is 9.64 Å². The van der Waals surface area contributed by atoms with Crippen LogP contribution in [-0.4, -0.2) is 55.3 Å². The number of hydrogen-bond acceptors (Lipinski definition) is 8. The molecule has 250 valence electrons. The fraction of sp³-hybridized carbons (Fsp3) is 0.579. The predicted molar refractivity (Wildman–Crippen MR) is 177 cm³/mol. The summed E-state index contributed by atoms with van der Waals surface area (Å²) in [6.45, 7) is 2.74. The smallest absolute Gasteiger partial charge is 0.332 e. The number of fused-ring (bicyclic) bond motifs is 3. The van der Waals surface area contributed by atoms with E-state index < -0.39 is 0 Å². The van der Waals surface area contributed by atoms with Crippen LogP contribution in [0.2, 0.25) is 0 Å². The van der Waals surface area contributed by atoms with Crippen LogP contribution in [0.4, 0.5) is 5.82 Å². The molecule has 5 saturated carbocycles. The lowest BCUT2D eigenvalue weighted by atomic mass is 9.51. The standard InChI is InChI=1S/C38H47N3O6/c1-25-20-29(8-11-32(25)45-3)38-16-13-37(14-17-38,15-18-38)24-41(36(43)27-6-9-30(10-7-27)47-34(42)23-44-2)33-21-28(12-19-39-33)31-22-46-35(40-31)26-4-5-26/h8,11-12,19-22,26-27,30H,4-7,9-10,13-18,23-24H2,1-3H3. The Morgan fingerprint density at radius 3 is 2.36 bits per heavy atom. The second-order valence-corrected chi connectivity index (χ2v) is 14.5. The van der Waals surface area contributed by atoms with E-state index in [0.29, 0.717) is 44.0 Å². The van der Waals surface area contributed by atoms with Crippen LogP contribution >= 0.6 is 0 Å². The van der Waals surface area contributed by atoms with Crippen molar-refractivity contribution in [2.24, 2.45) is 11.3 Å². The summed E-state index contributed by atoms with van der Waals surface area (Å²) >= 11 is 0. The molecule has 47 heavy (non-hydrogen) atoms. The molecule has 0 spiro atoms. The van der Waals surface area contributed by atoms with E-state index in [1.807, 2.05) is 17.0 Å². The Balaban J connectivity index is 1.11. The molecule has 8 rings (SSSR count). The van der Waals surface area contributed by atoms with Crippen molar-refractivity contribution >= 4 is 17.7 Å². The number of oxazole rings is 1. The SMILES string of the molecule is COCC(=O)OC1CCC(C(=O)N(CC23CCC(c4ccc(OC)c(C)c4)(CC2)CC3)c2cc(-c3coc(C4CC4)n3)ccn2)CC1. The third kappa shape index (κ3) is 6.56. The quantitative estimate of drug-likeness (QED) is 0.201. The maximum atomic E-state index is 14.5. The number of anilines is 1. The van der Waals surface area contributed by atoms with Crippen molar-refractivity contribution in [3.63, 3.8) is 0 Å². The molecule has 0 saturated heterocycles. The minimum Gasteiger partial charge on any atom is -0.496 e. The van der Waals surface area contributed by atoms with Gasteiger partial charge in [0.15, 0.2) is 5.89 Å². The number of hydrogen-bond donors (Lipinski definition) is 0. The van der Waals surface area contributed by atoms with Crippen LogP contribution in [0.3, 0.4) is 0 Å². The van der Waals surface area contributed by atoms with Gasteiger partial charge in [0.1, 0.15) is 36.2 Å². The lowest BCUT2D eigenvalue weighted by molar-refractivity contribution is -0.155. The number of nitrogens with zero attached hydrogens (tertiary/aromatic N) is 3. The zero-order valence-corrected chi connectivity index (χ0v) is 28.0. The van der Waals surface area contributed by atoms with Gasteiger partial charge in [0, 0.05) is 37.3 Å². The minimum atomic E-state index is -0.350. The predicted octanol–water partition coefficient (Wildman–Crippen LogP) is 7.30. The van der Waals surface area contributed by atoms with Crippen molar-refractivity contribution in [1.29, 1.82) is 0 Å². The molecule has 9 heteroatoms. The first-order chi connectivity index (χ1) is 22.8. The van der Waals surface area contributed by atoms with Crippen molar-refractivity contribution in [2.45, 2.75) is 101 Å². The molecule has 5 fully saturated rings. The molecule has 2 heterocycles. The molecule has 5 aliphatic carbocycles. The van der Waals surface area contributed by atoms with Crippen molar-refractivity contribution < 1.29 is 28.2 Å². The summed E-state index contributed by atoms with van der Waals surface area (Å²) in [6, 6.07) is 10.7. The Morgan fingerprint density at radius 2 is 1.70 bits per heavy atom.